The van der Waals surface area contributed by atoms with Gasteiger partial charge in [-0.1, -0.05) is 84.9 Å². The summed E-state index contributed by atoms with van der Waals surface area (Å²) in [4.78, 5) is 13.4. The molecule has 4 aromatic rings. The molecule has 1 amide bonds. The predicted molar refractivity (Wildman–Crippen MR) is 157 cm³/mol. The van der Waals surface area contributed by atoms with Gasteiger partial charge in [-0.15, -0.1) is 0 Å². The van der Waals surface area contributed by atoms with Gasteiger partial charge < -0.3 is 19.5 Å². The lowest BCUT2D eigenvalue weighted by atomic mass is 10.2. The number of rotatable bonds is 10. The summed E-state index contributed by atoms with van der Waals surface area (Å²) in [6.07, 6.45) is 1.32. The summed E-state index contributed by atoms with van der Waals surface area (Å²) in [6, 6.07) is 35.9. The van der Waals surface area contributed by atoms with Crippen molar-refractivity contribution in [1.82, 2.24) is 5.32 Å². The fraction of sp³-hybridized carbons (Fsp3) is 0.125. The minimum Gasteiger partial charge on any atom is -0.488 e. The number of nitrogens with one attached hydrogen (secondary N) is 1. The number of allylic oxidation sites excluding steroid dienone is 1. The van der Waals surface area contributed by atoms with Crippen molar-refractivity contribution in [3.05, 3.63) is 132 Å². The molecule has 0 spiro atoms. The topological polar surface area (TPSA) is 60.0 Å². The van der Waals surface area contributed by atoms with Crippen molar-refractivity contribution in [2.75, 3.05) is 10.8 Å². The van der Waals surface area contributed by atoms with Crippen LogP contribution in [0.4, 0.5) is 10.5 Å². The molecule has 0 saturated heterocycles. The van der Waals surface area contributed by atoms with Crippen LogP contribution in [-0.4, -0.2) is 18.0 Å². The molecule has 7 heteroatoms. The highest BCUT2D eigenvalue weighted by Crippen LogP contribution is 2.48. The van der Waals surface area contributed by atoms with E-state index < -0.39 is 16.8 Å². The monoisotopic (exact) mass is 538 g/mol. The van der Waals surface area contributed by atoms with Crippen molar-refractivity contribution in [2.24, 2.45) is 0 Å². The van der Waals surface area contributed by atoms with Gasteiger partial charge in [-0.25, -0.2) is 4.79 Å². The van der Waals surface area contributed by atoms with Gasteiger partial charge in [0.25, 0.3) is 0 Å². The average molecular weight is 539 g/mol. The van der Waals surface area contributed by atoms with E-state index in [0.717, 1.165) is 27.5 Å². The zero-order chi connectivity index (χ0) is 26.9. The van der Waals surface area contributed by atoms with E-state index in [0.29, 0.717) is 31.4 Å². The Bertz CT molecular complexity index is 1470. The lowest BCUT2D eigenvalue weighted by Gasteiger charge is -2.28. The maximum absolute atomic E-state index is 12.5. The standard InChI is InChI=1S/C32H30N2O4S/c1-2-33-32(35)38-31-21-22-39(30-20-12-11-19-29(30)37-24-26-15-7-4-8-16-26)34(31)27-17-9-10-18-28(27)36-23-25-13-5-3-6-14-25/h3-22H,2,23-24H2,1H3,(H,33,35). The first-order valence-electron chi connectivity index (χ1n) is 12.8. The van der Waals surface area contributed by atoms with E-state index in [4.69, 9.17) is 14.2 Å². The zero-order valence-electron chi connectivity index (χ0n) is 21.7. The molecule has 5 rings (SSSR count). The van der Waals surface area contributed by atoms with Crippen LogP contribution >= 0.6 is 10.7 Å². The lowest BCUT2D eigenvalue weighted by Crippen LogP contribution is -2.27. The molecule has 1 aliphatic rings. The first-order valence-corrected chi connectivity index (χ1v) is 14.0. The van der Waals surface area contributed by atoms with E-state index in [-0.39, 0.29) is 0 Å². The molecular formula is C32H30N2O4S. The summed E-state index contributed by atoms with van der Waals surface area (Å²) in [5.41, 5.74) is 2.94. The maximum Gasteiger partial charge on any atom is 0.413 e. The molecule has 1 unspecified atom stereocenters. The Labute approximate surface area is 231 Å². The number of carbonyl (C=O) groups excluding carboxylic acids is 1. The zero-order valence-corrected chi connectivity index (χ0v) is 22.5. The highest BCUT2D eigenvalue weighted by molar-refractivity contribution is 8.16. The maximum atomic E-state index is 12.5. The van der Waals surface area contributed by atoms with Crippen LogP contribution < -0.4 is 19.1 Å². The first-order chi connectivity index (χ1) is 19.2. The number of anilines is 1. The minimum atomic E-state index is -0.652. The van der Waals surface area contributed by atoms with Crippen molar-refractivity contribution >= 4 is 27.8 Å². The number of ether oxygens (including phenoxy) is 3. The second-order valence-electron chi connectivity index (χ2n) is 8.63. The quantitative estimate of drug-likeness (QED) is 0.215. The van der Waals surface area contributed by atoms with Crippen LogP contribution in [0.3, 0.4) is 0 Å². The number of para-hydroxylation sites is 3. The molecule has 0 aromatic heterocycles. The fourth-order valence-corrected chi connectivity index (χ4v) is 5.97. The molecular weight excluding hydrogens is 508 g/mol. The third-order valence-corrected chi connectivity index (χ3v) is 7.84. The van der Waals surface area contributed by atoms with Gasteiger partial charge in [-0.3, -0.25) is 4.31 Å². The average Bonchev–Trinajstić information content (AvgIpc) is 3.39. The molecule has 1 N–H and O–H groups in total. The largest absolute Gasteiger partial charge is 0.488 e. The van der Waals surface area contributed by atoms with Crippen LogP contribution in [0.1, 0.15) is 18.1 Å². The Balaban J connectivity index is 1.47. The van der Waals surface area contributed by atoms with Crippen LogP contribution in [0.2, 0.25) is 0 Å². The first kappa shape index (κ1) is 26.1. The predicted octanol–water partition coefficient (Wildman–Crippen LogP) is 7.30. The molecule has 0 saturated carbocycles. The van der Waals surface area contributed by atoms with Crippen molar-refractivity contribution in [2.45, 2.75) is 25.0 Å². The number of nitrogens with zero attached hydrogens (tertiary/aromatic N) is 1. The molecule has 0 bridgehead atoms. The van der Waals surface area contributed by atoms with Crippen molar-refractivity contribution < 1.29 is 19.0 Å². The Morgan fingerprint density at radius 2 is 1.31 bits per heavy atom. The van der Waals surface area contributed by atoms with Gasteiger partial charge in [0, 0.05) is 12.6 Å². The molecule has 198 valence electrons. The molecule has 0 radical (unpaired) electrons. The molecule has 1 aliphatic heterocycles. The highest BCUT2D eigenvalue weighted by Gasteiger charge is 2.29. The van der Waals surface area contributed by atoms with E-state index >= 15 is 0 Å². The summed E-state index contributed by atoms with van der Waals surface area (Å²) < 4.78 is 20.4. The highest BCUT2D eigenvalue weighted by atomic mass is 32.2. The van der Waals surface area contributed by atoms with E-state index in [9.17, 15) is 4.79 Å². The molecule has 1 atom stereocenters. The number of hydrogen-bond acceptors (Lipinski definition) is 5. The summed E-state index contributed by atoms with van der Waals surface area (Å²) in [7, 11) is -0.652. The van der Waals surface area contributed by atoms with Gasteiger partial charge in [0.05, 0.1) is 10.6 Å². The van der Waals surface area contributed by atoms with E-state index in [1.54, 1.807) is 0 Å². The third-order valence-electron chi connectivity index (χ3n) is 5.89. The second kappa shape index (κ2) is 12.8. The van der Waals surface area contributed by atoms with E-state index in [1.807, 2.05) is 132 Å². The third kappa shape index (κ3) is 6.51. The summed E-state index contributed by atoms with van der Waals surface area (Å²) >= 11 is 0. The van der Waals surface area contributed by atoms with Crippen LogP contribution in [0.5, 0.6) is 11.5 Å². The number of benzene rings is 4. The molecule has 39 heavy (non-hydrogen) atoms. The number of hydrogen-bond donors (Lipinski definition) is 1. The summed E-state index contributed by atoms with van der Waals surface area (Å²) in [5.74, 6) is 1.86. The van der Waals surface area contributed by atoms with Gasteiger partial charge in [-0.05, 0) is 58.4 Å². The molecule has 0 aliphatic carbocycles. The minimum absolute atomic E-state index is 0.413. The van der Waals surface area contributed by atoms with Crippen LogP contribution in [0, 0.1) is 0 Å². The van der Waals surface area contributed by atoms with Crippen molar-refractivity contribution in [3.63, 3.8) is 0 Å². The van der Waals surface area contributed by atoms with Crippen LogP contribution in [0.15, 0.2) is 126 Å². The number of alkyl carbamates (subject to hydrolysis) is 1. The summed E-state index contributed by atoms with van der Waals surface area (Å²) in [6.45, 7) is 3.18. The number of carbonyl (C=O) groups is 1. The Hall–Kier alpha value is -4.49. The van der Waals surface area contributed by atoms with Crippen molar-refractivity contribution in [3.8, 4) is 11.5 Å². The van der Waals surface area contributed by atoms with Gasteiger partial charge in [-0.2, -0.15) is 0 Å². The lowest BCUT2D eigenvalue weighted by molar-refractivity contribution is 0.176. The van der Waals surface area contributed by atoms with Gasteiger partial charge in [0.2, 0.25) is 5.88 Å². The number of amides is 1. The Morgan fingerprint density at radius 3 is 1.97 bits per heavy atom. The molecule has 1 heterocycles. The van der Waals surface area contributed by atoms with Crippen molar-refractivity contribution in [1.29, 1.82) is 0 Å². The van der Waals surface area contributed by atoms with Gasteiger partial charge in [0.15, 0.2) is 0 Å². The molecule has 0 fully saturated rings. The summed E-state index contributed by atoms with van der Waals surface area (Å²) in [5, 5.41) is 4.75. The Kier molecular flexibility index (Phi) is 8.61. The van der Waals surface area contributed by atoms with Crippen LogP contribution in [0.25, 0.3) is 0 Å². The Morgan fingerprint density at radius 1 is 0.744 bits per heavy atom. The second-order valence-corrected chi connectivity index (χ2v) is 10.3. The smallest absolute Gasteiger partial charge is 0.413 e. The van der Waals surface area contributed by atoms with Gasteiger partial charge >= 0.3 is 6.09 Å². The molecule has 6 nitrogen and oxygen atoms in total. The van der Waals surface area contributed by atoms with Crippen LogP contribution in [-0.2, 0) is 18.0 Å². The van der Waals surface area contributed by atoms with E-state index in [2.05, 4.69) is 5.32 Å². The fourth-order valence-electron chi connectivity index (χ4n) is 4.06. The van der Waals surface area contributed by atoms with Gasteiger partial charge in [0.1, 0.15) is 24.7 Å². The molecule has 4 aromatic carbocycles. The normalized spacial score (nSPS) is 14.2. The van der Waals surface area contributed by atoms with E-state index in [1.165, 1.54) is 0 Å². The SMILES string of the molecule is CCNC(=O)OC1=CC=S(c2ccccc2OCc2ccccc2)N1c1ccccc1OCc1ccccc1.